The number of anilines is 2. The lowest BCUT2D eigenvalue weighted by molar-refractivity contribution is -0.192. The Labute approximate surface area is 236 Å². The van der Waals surface area contributed by atoms with Gasteiger partial charge in [0.05, 0.1) is 22.8 Å². The van der Waals surface area contributed by atoms with Crippen molar-refractivity contribution in [2.75, 3.05) is 62.5 Å². The van der Waals surface area contributed by atoms with Crippen molar-refractivity contribution in [3.8, 4) is 0 Å². The summed E-state index contributed by atoms with van der Waals surface area (Å²) in [7, 11) is -2.25. The summed E-state index contributed by atoms with van der Waals surface area (Å²) in [6.45, 7) is 4.45. The first-order valence-electron chi connectivity index (χ1n) is 12.8. The Kier molecular flexibility index (Phi) is 10.6. The number of piperazine rings is 1. The lowest BCUT2D eigenvalue weighted by Crippen LogP contribution is -2.44. The van der Waals surface area contributed by atoms with E-state index in [9.17, 15) is 31.2 Å². The van der Waals surface area contributed by atoms with Crippen LogP contribution in [0.15, 0.2) is 53.4 Å². The number of carboxylic acid groups (broad SMARTS) is 1. The van der Waals surface area contributed by atoms with E-state index in [2.05, 4.69) is 14.9 Å². The zero-order chi connectivity index (χ0) is 30.2. The van der Waals surface area contributed by atoms with Gasteiger partial charge in [0.15, 0.2) is 0 Å². The second-order valence-electron chi connectivity index (χ2n) is 9.44. The highest BCUT2D eigenvalue weighted by Gasteiger charge is 2.38. The first-order chi connectivity index (χ1) is 19.3. The van der Waals surface area contributed by atoms with E-state index in [1.807, 2.05) is 0 Å². The SMILES string of the molecule is CN(CC(=O)N1CCCC1)C(=O)c1ccc(N2CCNCC2)c(NS(=O)(=O)c2ccccc2)c1.O=C(O)C(F)(F)F. The number of nitrogens with one attached hydrogen (secondary N) is 2. The summed E-state index contributed by atoms with van der Waals surface area (Å²) in [6, 6.07) is 13.2. The molecule has 3 N–H and O–H groups in total. The maximum atomic E-state index is 13.1. The van der Waals surface area contributed by atoms with Gasteiger partial charge in [0.2, 0.25) is 5.91 Å². The van der Waals surface area contributed by atoms with E-state index < -0.39 is 22.2 Å². The van der Waals surface area contributed by atoms with Gasteiger partial charge in [0.25, 0.3) is 15.9 Å². The van der Waals surface area contributed by atoms with Crippen LogP contribution in [0.4, 0.5) is 24.5 Å². The molecule has 0 bridgehead atoms. The fourth-order valence-electron chi connectivity index (χ4n) is 4.30. The Bertz CT molecular complexity index is 1330. The molecule has 41 heavy (non-hydrogen) atoms. The molecule has 15 heteroatoms. The van der Waals surface area contributed by atoms with Crippen LogP contribution in [0, 0.1) is 0 Å². The molecule has 0 atom stereocenters. The highest BCUT2D eigenvalue weighted by Crippen LogP contribution is 2.30. The molecule has 2 aromatic carbocycles. The molecule has 2 aliphatic rings. The largest absolute Gasteiger partial charge is 0.490 e. The van der Waals surface area contributed by atoms with Crippen LogP contribution in [0.5, 0.6) is 0 Å². The van der Waals surface area contributed by atoms with Crippen molar-refractivity contribution in [2.45, 2.75) is 23.9 Å². The second kappa shape index (κ2) is 13.7. The standard InChI is InChI=1S/C24H31N5O4S.C2HF3O2/c1-27(18-23(30)29-13-5-6-14-29)24(31)19-9-10-22(28-15-11-25-12-16-28)21(17-19)26-34(32,33)20-7-3-2-4-8-20;3-2(4,5)1(6)7/h2-4,7-10,17,25-26H,5-6,11-16,18H2,1H3;(H,6,7). The molecule has 2 aliphatic heterocycles. The number of carbonyl (C=O) groups is 3. The number of likely N-dealkylation sites (N-methyl/N-ethyl adjacent to an activating group) is 1. The van der Waals surface area contributed by atoms with Gasteiger partial charge in [-0.2, -0.15) is 13.2 Å². The van der Waals surface area contributed by atoms with E-state index in [0.717, 1.165) is 52.1 Å². The number of benzene rings is 2. The summed E-state index contributed by atoms with van der Waals surface area (Å²) in [5.41, 5.74) is 1.38. The van der Waals surface area contributed by atoms with Gasteiger partial charge in [0, 0.05) is 51.9 Å². The lowest BCUT2D eigenvalue weighted by atomic mass is 10.1. The van der Waals surface area contributed by atoms with Gasteiger partial charge in [0.1, 0.15) is 0 Å². The lowest BCUT2D eigenvalue weighted by Gasteiger charge is -2.31. The second-order valence-corrected chi connectivity index (χ2v) is 11.1. The van der Waals surface area contributed by atoms with Gasteiger partial charge in [-0.1, -0.05) is 18.2 Å². The van der Waals surface area contributed by atoms with Gasteiger partial charge in [-0.3, -0.25) is 14.3 Å². The number of rotatable bonds is 7. The summed E-state index contributed by atoms with van der Waals surface area (Å²) >= 11 is 0. The zero-order valence-corrected chi connectivity index (χ0v) is 23.2. The number of carboxylic acids is 1. The van der Waals surface area contributed by atoms with Gasteiger partial charge in [-0.25, -0.2) is 13.2 Å². The Morgan fingerprint density at radius 1 is 1.00 bits per heavy atom. The van der Waals surface area contributed by atoms with E-state index in [0.29, 0.717) is 16.9 Å². The van der Waals surface area contributed by atoms with Crippen molar-refractivity contribution < 1.29 is 41.1 Å². The summed E-state index contributed by atoms with van der Waals surface area (Å²) < 4.78 is 60.5. The van der Waals surface area contributed by atoms with Gasteiger partial charge < -0.3 is 25.1 Å². The van der Waals surface area contributed by atoms with Crippen molar-refractivity contribution in [2.24, 2.45) is 0 Å². The van der Waals surface area contributed by atoms with Crippen LogP contribution in [-0.4, -0.2) is 100 Å². The Hall–Kier alpha value is -3.85. The number of hydrogen-bond donors (Lipinski definition) is 3. The topological polar surface area (TPSA) is 139 Å². The number of hydrogen-bond acceptors (Lipinski definition) is 7. The highest BCUT2D eigenvalue weighted by atomic mass is 32.2. The third-order valence-corrected chi connectivity index (χ3v) is 7.80. The molecule has 4 rings (SSSR count). The number of nitrogens with zero attached hydrogens (tertiary/aromatic N) is 3. The Balaban J connectivity index is 0.000000587. The summed E-state index contributed by atoms with van der Waals surface area (Å²) in [5, 5.41) is 10.4. The van der Waals surface area contributed by atoms with Crippen LogP contribution in [-0.2, 0) is 19.6 Å². The summed E-state index contributed by atoms with van der Waals surface area (Å²) in [6.07, 6.45) is -3.11. The number of amides is 2. The van der Waals surface area contributed by atoms with Crippen molar-refractivity contribution in [3.05, 3.63) is 54.1 Å². The molecule has 2 heterocycles. The number of alkyl halides is 3. The quantitative estimate of drug-likeness (QED) is 0.441. The predicted octanol–water partition coefficient (Wildman–Crippen LogP) is 2.22. The average Bonchev–Trinajstić information content (AvgIpc) is 3.49. The molecule has 0 unspecified atom stereocenters. The van der Waals surface area contributed by atoms with E-state index in [1.165, 1.54) is 17.0 Å². The first-order valence-corrected chi connectivity index (χ1v) is 14.3. The molecule has 0 aromatic heterocycles. The molecule has 0 radical (unpaired) electrons. The van der Waals surface area contributed by atoms with E-state index in [-0.39, 0.29) is 23.3 Å². The van der Waals surface area contributed by atoms with Gasteiger partial charge >= 0.3 is 12.1 Å². The van der Waals surface area contributed by atoms with Crippen LogP contribution in [0.3, 0.4) is 0 Å². The first kappa shape index (κ1) is 31.7. The van der Waals surface area contributed by atoms with E-state index >= 15 is 0 Å². The van der Waals surface area contributed by atoms with Crippen LogP contribution >= 0.6 is 0 Å². The van der Waals surface area contributed by atoms with Crippen molar-refractivity contribution in [1.82, 2.24) is 15.1 Å². The zero-order valence-electron chi connectivity index (χ0n) is 22.4. The van der Waals surface area contributed by atoms with E-state index in [4.69, 9.17) is 9.90 Å². The van der Waals surface area contributed by atoms with Crippen LogP contribution < -0.4 is 14.9 Å². The molecular formula is C26H32F3N5O6S. The number of sulfonamides is 1. The molecule has 11 nitrogen and oxygen atoms in total. The van der Waals surface area contributed by atoms with Crippen LogP contribution in [0.25, 0.3) is 0 Å². The molecular weight excluding hydrogens is 567 g/mol. The molecule has 0 saturated carbocycles. The Morgan fingerprint density at radius 3 is 2.15 bits per heavy atom. The highest BCUT2D eigenvalue weighted by molar-refractivity contribution is 7.92. The fraction of sp³-hybridized carbons (Fsp3) is 0.423. The molecule has 0 spiro atoms. The molecule has 224 valence electrons. The van der Waals surface area contributed by atoms with Crippen molar-refractivity contribution >= 4 is 39.2 Å². The van der Waals surface area contributed by atoms with Crippen molar-refractivity contribution in [3.63, 3.8) is 0 Å². The minimum absolute atomic E-state index is 0.0105. The monoisotopic (exact) mass is 599 g/mol. The third kappa shape index (κ3) is 8.82. The van der Waals surface area contributed by atoms with Gasteiger partial charge in [-0.05, 0) is 43.2 Å². The normalized spacial score (nSPS) is 15.5. The summed E-state index contributed by atoms with van der Waals surface area (Å²) in [5.74, 6) is -3.16. The molecule has 2 aromatic rings. The summed E-state index contributed by atoms with van der Waals surface area (Å²) in [4.78, 5) is 39.9. The smallest absolute Gasteiger partial charge is 0.475 e. The number of carbonyl (C=O) groups excluding carboxylic acids is 2. The minimum atomic E-state index is -5.08. The fourth-order valence-corrected chi connectivity index (χ4v) is 5.38. The maximum absolute atomic E-state index is 13.1. The predicted molar refractivity (Wildman–Crippen MR) is 145 cm³/mol. The average molecular weight is 600 g/mol. The van der Waals surface area contributed by atoms with Crippen molar-refractivity contribution in [1.29, 1.82) is 0 Å². The number of aliphatic carboxylic acids is 1. The number of likely N-dealkylation sites (tertiary alicyclic amines) is 1. The van der Waals surface area contributed by atoms with Crippen LogP contribution in [0.1, 0.15) is 23.2 Å². The molecule has 0 aliphatic carbocycles. The van der Waals surface area contributed by atoms with E-state index in [1.54, 1.807) is 48.3 Å². The molecule has 2 fully saturated rings. The molecule has 2 saturated heterocycles. The third-order valence-electron chi connectivity index (χ3n) is 6.42. The number of halogens is 3. The van der Waals surface area contributed by atoms with Gasteiger partial charge in [-0.15, -0.1) is 0 Å². The van der Waals surface area contributed by atoms with Crippen LogP contribution in [0.2, 0.25) is 0 Å². The Morgan fingerprint density at radius 2 is 1.59 bits per heavy atom. The minimum Gasteiger partial charge on any atom is -0.475 e. The maximum Gasteiger partial charge on any atom is 0.490 e. The molecule has 2 amide bonds.